The summed E-state index contributed by atoms with van der Waals surface area (Å²) in [6, 6.07) is 5.93. The molecule has 0 heterocycles. The fourth-order valence-corrected chi connectivity index (χ4v) is 1.64. The van der Waals surface area contributed by atoms with E-state index in [2.05, 4.69) is 0 Å². The molecular formula is C12H10Cl2N2O4. The van der Waals surface area contributed by atoms with Crippen LogP contribution in [-0.4, -0.2) is 29.1 Å². The van der Waals surface area contributed by atoms with Crippen molar-refractivity contribution in [3.8, 4) is 11.8 Å². The zero-order chi connectivity index (χ0) is 15.3. The average Bonchev–Trinajstić information content (AvgIpc) is 2.37. The third-order valence-electron chi connectivity index (χ3n) is 2.29. The van der Waals surface area contributed by atoms with E-state index in [1.807, 2.05) is 5.32 Å². The van der Waals surface area contributed by atoms with Gasteiger partial charge >= 0.3 is 5.97 Å². The van der Waals surface area contributed by atoms with Gasteiger partial charge in [-0.25, -0.2) is 4.79 Å². The van der Waals surface area contributed by atoms with Gasteiger partial charge < -0.3 is 15.2 Å². The van der Waals surface area contributed by atoms with E-state index in [1.54, 1.807) is 0 Å². The Bertz CT molecular complexity index is 585. The zero-order valence-electron chi connectivity index (χ0n) is 10.3. The minimum absolute atomic E-state index is 0.214. The van der Waals surface area contributed by atoms with Crippen LogP contribution in [0.5, 0.6) is 5.75 Å². The Hall–Kier alpha value is -1.97. The van der Waals surface area contributed by atoms with Crippen LogP contribution in [-0.2, 0) is 9.59 Å². The number of carboxylic acids is 1. The number of nitrogens with one attached hydrogen (secondary N) is 1. The molecule has 0 bridgehead atoms. The molecule has 0 aromatic heterocycles. The van der Waals surface area contributed by atoms with Gasteiger partial charge in [0.15, 0.2) is 6.61 Å². The summed E-state index contributed by atoms with van der Waals surface area (Å²) in [6.45, 7) is 0.592. The van der Waals surface area contributed by atoms with Gasteiger partial charge in [-0.3, -0.25) is 4.79 Å². The van der Waals surface area contributed by atoms with Gasteiger partial charge in [-0.1, -0.05) is 23.2 Å². The van der Waals surface area contributed by atoms with Gasteiger partial charge in [0.05, 0.1) is 5.02 Å². The fraction of sp³-hybridized carbons (Fsp3) is 0.250. The number of aliphatic carboxylic acids is 1. The Morgan fingerprint density at radius 2 is 2.15 bits per heavy atom. The van der Waals surface area contributed by atoms with Crippen LogP contribution in [0.4, 0.5) is 0 Å². The molecular weight excluding hydrogens is 307 g/mol. The highest BCUT2D eigenvalue weighted by Crippen LogP contribution is 2.27. The summed E-state index contributed by atoms with van der Waals surface area (Å²) in [6.07, 6.45) is 0. The van der Waals surface area contributed by atoms with Crippen molar-refractivity contribution in [2.24, 2.45) is 0 Å². The highest BCUT2D eigenvalue weighted by Gasteiger charge is 2.35. The Labute approximate surface area is 124 Å². The van der Waals surface area contributed by atoms with Crippen LogP contribution < -0.4 is 10.1 Å². The van der Waals surface area contributed by atoms with Crippen molar-refractivity contribution in [1.82, 2.24) is 5.32 Å². The van der Waals surface area contributed by atoms with E-state index in [4.69, 9.17) is 38.3 Å². The first kappa shape index (κ1) is 16.1. The van der Waals surface area contributed by atoms with E-state index in [0.29, 0.717) is 5.02 Å². The Kier molecular flexibility index (Phi) is 5.19. The number of hydrogen-bond donors (Lipinski definition) is 2. The molecule has 20 heavy (non-hydrogen) atoms. The van der Waals surface area contributed by atoms with Crippen molar-refractivity contribution < 1.29 is 19.4 Å². The maximum Gasteiger partial charge on any atom is 0.344 e. The van der Waals surface area contributed by atoms with E-state index in [1.165, 1.54) is 24.3 Å². The van der Waals surface area contributed by atoms with Crippen molar-refractivity contribution >= 4 is 35.1 Å². The molecule has 0 aliphatic rings. The molecule has 0 spiro atoms. The average molecular weight is 317 g/mol. The van der Waals surface area contributed by atoms with Crippen LogP contribution in [0.15, 0.2) is 18.2 Å². The van der Waals surface area contributed by atoms with Gasteiger partial charge in [0.25, 0.3) is 5.91 Å². The number of nitrogens with zero attached hydrogens (tertiary/aromatic N) is 1. The van der Waals surface area contributed by atoms with Gasteiger partial charge in [0, 0.05) is 5.02 Å². The molecule has 2 N–H and O–H groups in total. The molecule has 0 saturated carbocycles. The van der Waals surface area contributed by atoms with Crippen molar-refractivity contribution in [1.29, 1.82) is 5.26 Å². The van der Waals surface area contributed by atoms with E-state index < -0.39 is 24.0 Å². The summed E-state index contributed by atoms with van der Waals surface area (Å²) in [5.41, 5.74) is -2.01. The van der Waals surface area contributed by atoms with Crippen molar-refractivity contribution in [3.63, 3.8) is 0 Å². The zero-order valence-corrected chi connectivity index (χ0v) is 11.8. The maximum atomic E-state index is 11.6. The predicted octanol–water partition coefficient (Wildman–Crippen LogP) is 1.86. The van der Waals surface area contributed by atoms with E-state index >= 15 is 0 Å². The molecule has 1 amide bonds. The van der Waals surface area contributed by atoms with Crippen LogP contribution in [0.3, 0.4) is 0 Å². The van der Waals surface area contributed by atoms with Gasteiger partial charge in [0.1, 0.15) is 11.8 Å². The maximum absolute atomic E-state index is 11.6. The lowest BCUT2D eigenvalue weighted by Gasteiger charge is -2.18. The van der Waals surface area contributed by atoms with Crippen molar-refractivity contribution in [2.75, 3.05) is 6.61 Å². The largest absolute Gasteiger partial charge is 0.482 e. The highest BCUT2D eigenvalue weighted by molar-refractivity contribution is 6.35. The minimum Gasteiger partial charge on any atom is -0.482 e. The summed E-state index contributed by atoms with van der Waals surface area (Å²) >= 11 is 11.5. The van der Waals surface area contributed by atoms with Gasteiger partial charge in [-0.15, -0.1) is 0 Å². The summed E-state index contributed by atoms with van der Waals surface area (Å²) < 4.78 is 5.12. The topological polar surface area (TPSA) is 99.4 Å². The van der Waals surface area contributed by atoms with Crippen molar-refractivity contribution in [3.05, 3.63) is 28.2 Å². The van der Waals surface area contributed by atoms with E-state index in [-0.39, 0.29) is 10.8 Å². The second-order valence-corrected chi connectivity index (χ2v) is 4.80. The molecule has 0 radical (unpaired) electrons. The van der Waals surface area contributed by atoms with Gasteiger partial charge in [-0.2, -0.15) is 5.26 Å². The third-order valence-corrected chi connectivity index (χ3v) is 2.82. The number of nitriles is 1. The summed E-state index contributed by atoms with van der Waals surface area (Å²) in [5.74, 6) is -2.00. The molecule has 8 heteroatoms. The number of ether oxygens (including phenoxy) is 1. The van der Waals surface area contributed by atoms with Gasteiger partial charge in [-0.05, 0) is 25.1 Å². The molecule has 1 aromatic rings. The van der Waals surface area contributed by atoms with Crippen LogP contribution in [0.25, 0.3) is 0 Å². The number of hydrogen-bond acceptors (Lipinski definition) is 4. The number of carbonyl (C=O) groups is 2. The molecule has 0 fully saturated rings. The molecule has 1 rings (SSSR count). The molecule has 1 atom stereocenters. The van der Waals surface area contributed by atoms with E-state index in [9.17, 15) is 9.59 Å². The number of carboxylic acid groups (broad SMARTS) is 1. The number of amides is 1. The molecule has 1 unspecified atom stereocenters. The molecule has 6 nitrogen and oxygen atoms in total. The van der Waals surface area contributed by atoms with Crippen LogP contribution in [0, 0.1) is 11.3 Å². The lowest BCUT2D eigenvalue weighted by molar-refractivity contribution is -0.144. The normalized spacial score (nSPS) is 12.9. The second kappa shape index (κ2) is 6.46. The minimum atomic E-state index is -2.01. The Morgan fingerprint density at radius 1 is 1.50 bits per heavy atom. The predicted molar refractivity (Wildman–Crippen MR) is 71.8 cm³/mol. The molecule has 0 aliphatic heterocycles. The number of rotatable bonds is 5. The number of carbonyl (C=O) groups excluding carboxylic acids is 1. The summed E-state index contributed by atoms with van der Waals surface area (Å²) in [5, 5.41) is 20.2. The highest BCUT2D eigenvalue weighted by atomic mass is 35.5. The Balaban J connectivity index is 2.65. The molecule has 0 aliphatic carbocycles. The Morgan fingerprint density at radius 3 is 2.65 bits per heavy atom. The first-order valence-electron chi connectivity index (χ1n) is 5.32. The smallest absolute Gasteiger partial charge is 0.344 e. The SMILES string of the molecule is CC(C#N)(NC(=O)COc1ccc(Cl)cc1Cl)C(=O)O. The lowest BCUT2D eigenvalue weighted by atomic mass is 10.1. The second-order valence-electron chi connectivity index (χ2n) is 3.95. The molecule has 1 aromatic carbocycles. The first-order valence-corrected chi connectivity index (χ1v) is 6.07. The van der Waals surface area contributed by atoms with Crippen LogP contribution >= 0.6 is 23.2 Å². The first-order chi connectivity index (χ1) is 9.28. The fourth-order valence-electron chi connectivity index (χ4n) is 1.18. The number of benzene rings is 1. The van der Waals surface area contributed by atoms with Crippen LogP contribution in [0.2, 0.25) is 10.0 Å². The van der Waals surface area contributed by atoms with E-state index in [0.717, 1.165) is 6.92 Å². The lowest BCUT2D eigenvalue weighted by Crippen LogP contribution is -2.52. The standard InChI is InChI=1S/C12H10Cl2N2O4/c1-12(6-15,11(18)19)16-10(17)5-20-9-3-2-7(13)4-8(9)14/h2-4H,5H2,1H3,(H,16,17)(H,18,19). The summed E-state index contributed by atoms with van der Waals surface area (Å²) in [7, 11) is 0. The summed E-state index contributed by atoms with van der Waals surface area (Å²) in [4.78, 5) is 22.4. The molecule has 0 saturated heterocycles. The third kappa shape index (κ3) is 4.02. The quantitative estimate of drug-likeness (QED) is 0.863. The van der Waals surface area contributed by atoms with Crippen LogP contribution in [0.1, 0.15) is 6.92 Å². The molecule has 106 valence electrons. The monoisotopic (exact) mass is 316 g/mol. The van der Waals surface area contributed by atoms with Crippen molar-refractivity contribution in [2.45, 2.75) is 12.5 Å². The number of halogens is 2. The van der Waals surface area contributed by atoms with Gasteiger partial charge in [0.2, 0.25) is 5.54 Å².